The molecular weight excluding hydrogens is 381 g/mol. The quantitative estimate of drug-likeness (QED) is 0.374. The van der Waals surface area contributed by atoms with Gasteiger partial charge in [0.1, 0.15) is 23.1 Å². The second-order valence-electron chi connectivity index (χ2n) is 7.20. The average Bonchev–Trinajstić information content (AvgIpc) is 3.08. The number of nitrogens with zero attached hydrogens (tertiary/aromatic N) is 1. The molecule has 0 fully saturated rings. The minimum atomic E-state index is -0.501. The van der Waals surface area contributed by atoms with Crippen LogP contribution in [0.2, 0.25) is 0 Å². The number of phenols is 3. The van der Waals surface area contributed by atoms with E-state index < -0.39 is 5.82 Å². The third kappa shape index (κ3) is 3.62. The second-order valence-corrected chi connectivity index (χ2v) is 7.20. The van der Waals surface area contributed by atoms with Crippen LogP contribution in [0.3, 0.4) is 0 Å². The lowest BCUT2D eigenvalue weighted by molar-refractivity contribution is 0.469. The van der Waals surface area contributed by atoms with Gasteiger partial charge in [0.15, 0.2) is 0 Å². The van der Waals surface area contributed by atoms with Crippen molar-refractivity contribution in [3.63, 3.8) is 0 Å². The molecule has 0 bridgehead atoms. The molecule has 0 spiro atoms. The smallest absolute Gasteiger partial charge is 0.136 e. The molecule has 4 rings (SSSR count). The van der Waals surface area contributed by atoms with Gasteiger partial charge in [-0.15, -0.1) is 0 Å². The molecule has 0 aliphatic carbocycles. The Hall–Kier alpha value is -3.73. The Morgan fingerprint density at radius 3 is 1.83 bits per heavy atom. The summed E-state index contributed by atoms with van der Waals surface area (Å²) in [5.74, 6) is -0.284. The van der Waals surface area contributed by atoms with Crippen LogP contribution in [-0.2, 0) is 6.54 Å². The van der Waals surface area contributed by atoms with Gasteiger partial charge < -0.3 is 19.9 Å². The molecule has 30 heavy (non-hydrogen) atoms. The highest BCUT2D eigenvalue weighted by molar-refractivity contribution is 5.87. The molecule has 0 aliphatic heterocycles. The Morgan fingerprint density at radius 1 is 0.700 bits per heavy atom. The van der Waals surface area contributed by atoms with E-state index in [9.17, 15) is 19.7 Å². The van der Waals surface area contributed by atoms with Crippen LogP contribution >= 0.6 is 0 Å². The van der Waals surface area contributed by atoms with Gasteiger partial charge in [-0.3, -0.25) is 0 Å². The van der Waals surface area contributed by atoms with Crippen molar-refractivity contribution in [1.82, 2.24) is 4.57 Å². The molecule has 1 heterocycles. The zero-order valence-corrected chi connectivity index (χ0v) is 16.5. The number of aromatic hydroxyl groups is 3. The summed E-state index contributed by atoms with van der Waals surface area (Å²) in [6.07, 6.45) is 0.835. The van der Waals surface area contributed by atoms with E-state index in [0.717, 1.165) is 34.9 Å². The van der Waals surface area contributed by atoms with E-state index in [0.29, 0.717) is 17.8 Å². The number of hydrogen-bond donors (Lipinski definition) is 3. The molecular formula is C25H22FNO3. The van der Waals surface area contributed by atoms with Crippen molar-refractivity contribution in [2.45, 2.75) is 19.9 Å². The van der Waals surface area contributed by atoms with Crippen LogP contribution in [0.25, 0.3) is 33.6 Å². The zero-order chi connectivity index (χ0) is 21.3. The highest BCUT2D eigenvalue weighted by atomic mass is 19.1. The van der Waals surface area contributed by atoms with Crippen LogP contribution < -0.4 is 0 Å². The van der Waals surface area contributed by atoms with E-state index in [-0.39, 0.29) is 17.2 Å². The molecule has 152 valence electrons. The lowest BCUT2D eigenvalue weighted by Gasteiger charge is -2.15. The van der Waals surface area contributed by atoms with Crippen molar-refractivity contribution >= 4 is 0 Å². The number of benzene rings is 3. The van der Waals surface area contributed by atoms with E-state index >= 15 is 0 Å². The fourth-order valence-corrected chi connectivity index (χ4v) is 3.73. The van der Waals surface area contributed by atoms with Crippen LogP contribution in [0.5, 0.6) is 17.2 Å². The molecule has 0 radical (unpaired) electrons. The molecule has 0 aliphatic rings. The number of hydrogen-bond acceptors (Lipinski definition) is 3. The Labute approximate surface area is 174 Å². The van der Waals surface area contributed by atoms with Gasteiger partial charge in [0.25, 0.3) is 0 Å². The largest absolute Gasteiger partial charge is 0.508 e. The minimum absolute atomic E-state index is 0.123. The standard InChI is InChI=1S/C25H22FNO3/c1-2-13-27-24(21-12-11-20(30)14-23(21)26)15-22(16-3-7-18(28)8-4-16)25(27)17-5-9-19(29)10-6-17/h3-12,14-15,28-30H,2,13H2,1H3. The summed E-state index contributed by atoms with van der Waals surface area (Å²) in [5, 5.41) is 29.1. The van der Waals surface area contributed by atoms with Crippen molar-refractivity contribution in [1.29, 1.82) is 0 Å². The van der Waals surface area contributed by atoms with Gasteiger partial charge in [-0.1, -0.05) is 19.1 Å². The van der Waals surface area contributed by atoms with Gasteiger partial charge >= 0.3 is 0 Å². The van der Waals surface area contributed by atoms with E-state index in [1.807, 2.05) is 30.3 Å². The van der Waals surface area contributed by atoms with Crippen LogP contribution in [0.1, 0.15) is 13.3 Å². The Balaban J connectivity index is 2.03. The monoisotopic (exact) mass is 403 g/mol. The highest BCUT2D eigenvalue weighted by Gasteiger charge is 2.21. The van der Waals surface area contributed by atoms with Gasteiger partial charge in [0.05, 0.1) is 11.4 Å². The van der Waals surface area contributed by atoms with Gasteiger partial charge in [0.2, 0.25) is 0 Å². The van der Waals surface area contributed by atoms with Crippen LogP contribution in [0, 0.1) is 5.82 Å². The number of aromatic nitrogens is 1. The molecule has 0 saturated carbocycles. The first-order chi connectivity index (χ1) is 14.5. The lowest BCUT2D eigenvalue weighted by Crippen LogP contribution is -2.03. The summed E-state index contributed by atoms with van der Waals surface area (Å²) in [5.41, 5.74) is 4.63. The first kappa shape index (κ1) is 19.6. The molecule has 3 aromatic carbocycles. The van der Waals surface area contributed by atoms with Crippen molar-refractivity contribution in [2.75, 3.05) is 0 Å². The summed E-state index contributed by atoms with van der Waals surface area (Å²) in [6, 6.07) is 19.9. The predicted octanol–water partition coefficient (Wildman–Crippen LogP) is 6.16. The predicted molar refractivity (Wildman–Crippen MR) is 116 cm³/mol. The first-order valence-corrected chi connectivity index (χ1v) is 9.79. The zero-order valence-electron chi connectivity index (χ0n) is 16.5. The van der Waals surface area contributed by atoms with Gasteiger partial charge in [-0.2, -0.15) is 0 Å². The number of phenolic OH excluding ortho intramolecular Hbond substituents is 3. The third-order valence-electron chi connectivity index (χ3n) is 5.09. The van der Waals surface area contributed by atoms with Crippen molar-refractivity contribution in [2.24, 2.45) is 0 Å². The van der Waals surface area contributed by atoms with Gasteiger partial charge in [0, 0.05) is 23.7 Å². The molecule has 5 heteroatoms. The first-order valence-electron chi connectivity index (χ1n) is 9.79. The van der Waals surface area contributed by atoms with E-state index in [1.54, 1.807) is 30.3 Å². The van der Waals surface area contributed by atoms with Crippen molar-refractivity contribution in [3.8, 4) is 50.9 Å². The molecule has 0 amide bonds. The van der Waals surface area contributed by atoms with E-state index in [2.05, 4.69) is 11.5 Å². The Morgan fingerprint density at radius 2 is 1.27 bits per heavy atom. The summed E-state index contributed by atoms with van der Waals surface area (Å²) in [7, 11) is 0. The molecule has 4 aromatic rings. The number of halogens is 1. The number of rotatable bonds is 5. The van der Waals surface area contributed by atoms with Crippen molar-refractivity contribution < 1.29 is 19.7 Å². The third-order valence-corrected chi connectivity index (χ3v) is 5.09. The summed E-state index contributed by atoms with van der Waals surface area (Å²) in [6.45, 7) is 2.71. The lowest BCUT2D eigenvalue weighted by atomic mass is 10.0. The van der Waals surface area contributed by atoms with Crippen LogP contribution in [-0.4, -0.2) is 19.9 Å². The summed E-state index contributed by atoms with van der Waals surface area (Å²) in [4.78, 5) is 0. The van der Waals surface area contributed by atoms with E-state index in [1.165, 1.54) is 6.07 Å². The Bertz CT molecular complexity index is 1180. The van der Waals surface area contributed by atoms with Crippen molar-refractivity contribution in [3.05, 3.63) is 78.6 Å². The van der Waals surface area contributed by atoms with E-state index in [4.69, 9.17) is 0 Å². The van der Waals surface area contributed by atoms with Crippen LogP contribution in [0.4, 0.5) is 4.39 Å². The fourth-order valence-electron chi connectivity index (χ4n) is 3.73. The molecule has 0 unspecified atom stereocenters. The second kappa shape index (κ2) is 7.95. The highest BCUT2D eigenvalue weighted by Crippen LogP contribution is 2.41. The maximum Gasteiger partial charge on any atom is 0.136 e. The molecule has 0 atom stereocenters. The molecule has 1 aromatic heterocycles. The molecule has 3 N–H and O–H groups in total. The van der Waals surface area contributed by atoms with Crippen LogP contribution in [0.15, 0.2) is 72.8 Å². The molecule has 0 saturated heterocycles. The average molecular weight is 403 g/mol. The Kier molecular flexibility index (Phi) is 5.19. The summed E-state index contributed by atoms with van der Waals surface area (Å²) < 4.78 is 16.8. The molecule has 4 nitrogen and oxygen atoms in total. The maximum absolute atomic E-state index is 14.8. The maximum atomic E-state index is 14.8. The van der Waals surface area contributed by atoms with Gasteiger partial charge in [-0.25, -0.2) is 4.39 Å². The van der Waals surface area contributed by atoms with Gasteiger partial charge in [-0.05, 0) is 72.1 Å². The fraction of sp³-hybridized carbons (Fsp3) is 0.120. The normalized spacial score (nSPS) is 11.0. The SMILES string of the molecule is CCCn1c(-c2ccc(O)cc2F)cc(-c2ccc(O)cc2)c1-c1ccc(O)cc1. The topological polar surface area (TPSA) is 65.6 Å². The summed E-state index contributed by atoms with van der Waals surface area (Å²) >= 11 is 0. The minimum Gasteiger partial charge on any atom is -0.508 e.